The van der Waals surface area contributed by atoms with E-state index < -0.39 is 11.5 Å². The monoisotopic (exact) mass is 256 g/mol. The first-order valence-electron chi connectivity index (χ1n) is 6.67. The molecule has 0 bridgehead atoms. The Morgan fingerprint density at radius 2 is 1.83 bits per heavy atom. The molecule has 0 aromatic heterocycles. The lowest BCUT2D eigenvalue weighted by atomic mass is 9.79. The summed E-state index contributed by atoms with van der Waals surface area (Å²) in [5, 5.41) is 9.73. The zero-order valence-electron chi connectivity index (χ0n) is 11.6. The second-order valence-corrected chi connectivity index (χ2v) is 6.16. The van der Waals surface area contributed by atoms with E-state index in [-0.39, 0.29) is 5.60 Å². The van der Waals surface area contributed by atoms with E-state index in [0.29, 0.717) is 19.4 Å². The lowest BCUT2D eigenvalue weighted by molar-refractivity contribution is -0.174. The molecule has 5 heteroatoms. The van der Waals surface area contributed by atoms with Crippen LogP contribution in [0.3, 0.4) is 0 Å². The molecule has 0 spiro atoms. The molecule has 2 fully saturated rings. The standard InChI is InChI=1S/C13H24N2O3/c1-12(2)10-13(11(16)17,4-9-18-12)15-7-5-14(3)6-8-15/h4-10H2,1-3H3,(H,16,17). The van der Waals surface area contributed by atoms with Crippen LogP contribution < -0.4 is 0 Å². The first-order chi connectivity index (χ1) is 8.36. The molecule has 2 rings (SSSR count). The van der Waals surface area contributed by atoms with Crippen LogP contribution in [0, 0.1) is 0 Å². The average Bonchev–Trinajstić information content (AvgIpc) is 2.28. The number of carboxylic acids is 1. The van der Waals surface area contributed by atoms with Crippen LogP contribution in [-0.4, -0.2) is 71.8 Å². The predicted molar refractivity (Wildman–Crippen MR) is 68.7 cm³/mol. The van der Waals surface area contributed by atoms with Crippen LogP contribution in [-0.2, 0) is 9.53 Å². The molecule has 0 aromatic carbocycles. The van der Waals surface area contributed by atoms with Gasteiger partial charge in [-0.3, -0.25) is 9.69 Å². The number of rotatable bonds is 2. The highest BCUT2D eigenvalue weighted by molar-refractivity contribution is 5.79. The van der Waals surface area contributed by atoms with E-state index in [1.807, 2.05) is 13.8 Å². The van der Waals surface area contributed by atoms with Gasteiger partial charge >= 0.3 is 5.97 Å². The summed E-state index contributed by atoms with van der Waals surface area (Å²) in [7, 11) is 2.08. The SMILES string of the molecule is CN1CCN(C2(C(=O)O)CCOC(C)(C)C2)CC1. The van der Waals surface area contributed by atoms with Gasteiger partial charge in [-0.15, -0.1) is 0 Å². The number of ether oxygens (including phenoxy) is 1. The molecular formula is C13H24N2O3. The van der Waals surface area contributed by atoms with Crippen molar-refractivity contribution in [3.63, 3.8) is 0 Å². The zero-order chi connectivity index (χ0) is 13.4. The third kappa shape index (κ3) is 2.53. The number of nitrogens with zero attached hydrogens (tertiary/aromatic N) is 2. The van der Waals surface area contributed by atoms with Crippen molar-refractivity contribution in [1.82, 2.24) is 9.80 Å². The third-order valence-corrected chi connectivity index (χ3v) is 4.23. The van der Waals surface area contributed by atoms with Crippen molar-refractivity contribution in [2.75, 3.05) is 39.8 Å². The molecule has 0 saturated carbocycles. The molecule has 2 aliphatic heterocycles. The molecular weight excluding hydrogens is 232 g/mol. The van der Waals surface area contributed by atoms with Gasteiger partial charge in [0.05, 0.1) is 5.60 Å². The summed E-state index contributed by atoms with van der Waals surface area (Å²) in [6.07, 6.45) is 1.16. The van der Waals surface area contributed by atoms with Gasteiger partial charge in [-0.1, -0.05) is 0 Å². The molecule has 1 N–H and O–H groups in total. The zero-order valence-corrected chi connectivity index (χ0v) is 11.6. The van der Waals surface area contributed by atoms with Crippen LogP contribution in [0.5, 0.6) is 0 Å². The number of carboxylic acid groups (broad SMARTS) is 1. The van der Waals surface area contributed by atoms with E-state index in [9.17, 15) is 9.90 Å². The lowest BCUT2D eigenvalue weighted by Gasteiger charge is -2.50. The maximum atomic E-state index is 11.8. The van der Waals surface area contributed by atoms with Gasteiger partial charge in [-0.05, 0) is 27.3 Å². The van der Waals surface area contributed by atoms with Crippen LogP contribution in [0.25, 0.3) is 0 Å². The predicted octanol–water partition coefficient (Wildman–Crippen LogP) is 0.646. The number of piperazine rings is 1. The molecule has 1 atom stereocenters. The summed E-state index contributed by atoms with van der Waals surface area (Å²) in [5.41, 5.74) is -1.08. The normalized spacial score (nSPS) is 34.4. The van der Waals surface area contributed by atoms with E-state index in [4.69, 9.17) is 4.74 Å². The number of aliphatic carboxylic acids is 1. The fraction of sp³-hybridized carbons (Fsp3) is 0.923. The van der Waals surface area contributed by atoms with Crippen molar-refractivity contribution >= 4 is 5.97 Å². The van der Waals surface area contributed by atoms with Crippen LogP contribution in [0.2, 0.25) is 0 Å². The first kappa shape index (κ1) is 13.8. The van der Waals surface area contributed by atoms with Crippen molar-refractivity contribution in [3.05, 3.63) is 0 Å². The van der Waals surface area contributed by atoms with Gasteiger partial charge < -0.3 is 14.7 Å². The summed E-state index contributed by atoms with van der Waals surface area (Å²) in [6, 6.07) is 0. The number of hydrogen-bond donors (Lipinski definition) is 1. The molecule has 2 saturated heterocycles. The summed E-state index contributed by atoms with van der Waals surface area (Å²) >= 11 is 0. The quantitative estimate of drug-likeness (QED) is 0.786. The minimum atomic E-state index is -0.733. The molecule has 18 heavy (non-hydrogen) atoms. The van der Waals surface area contributed by atoms with Crippen LogP contribution in [0.1, 0.15) is 26.7 Å². The van der Waals surface area contributed by atoms with E-state index in [1.54, 1.807) is 0 Å². The maximum Gasteiger partial charge on any atom is 0.324 e. The number of hydrogen-bond acceptors (Lipinski definition) is 4. The van der Waals surface area contributed by atoms with Crippen LogP contribution >= 0.6 is 0 Å². The van der Waals surface area contributed by atoms with E-state index in [1.165, 1.54) is 0 Å². The van der Waals surface area contributed by atoms with E-state index in [2.05, 4.69) is 16.8 Å². The molecule has 1 unspecified atom stereocenters. The highest BCUT2D eigenvalue weighted by Crippen LogP contribution is 2.37. The Morgan fingerprint density at radius 1 is 1.22 bits per heavy atom. The van der Waals surface area contributed by atoms with Gasteiger partial charge in [0, 0.05) is 39.2 Å². The van der Waals surface area contributed by atoms with Crippen molar-refractivity contribution in [2.45, 2.75) is 37.8 Å². The van der Waals surface area contributed by atoms with Crippen LogP contribution in [0.15, 0.2) is 0 Å². The molecule has 0 aromatic rings. The fourth-order valence-electron chi connectivity index (χ4n) is 3.16. The number of likely N-dealkylation sites (N-methyl/N-ethyl adjacent to an activating group) is 1. The molecule has 0 amide bonds. The molecule has 2 aliphatic rings. The smallest absolute Gasteiger partial charge is 0.324 e. The molecule has 5 nitrogen and oxygen atoms in total. The number of carbonyl (C=O) groups is 1. The Labute approximate surface area is 109 Å². The molecule has 0 aliphatic carbocycles. The summed E-state index contributed by atoms with van der Waals surface area (Å²) in [5.74, 6) is -0.691. The summed E-state index contributed by atoms with van der Waals surface area (Å²) in [4.78, 5) is 16.2. The van der Waals surface area contributed by atoms with Crippen molar-refractivity contribution in [1.29, 1.82) is 0 Å². The van der Waals surface area contributed by atoms with Gasteiger partial charge in [0.1, 0.15) is 5.54 Å². The van der Waals surface area contributed by atoms with Crippen molar-refractivity contribution in [3.8, 4) is 0 Å². The average molecular weight is 256 g/mol. The Bertz CT molecular complexity index is 324. The van der Waals surface area contributed by atoms with Gasteiger partial charge in [-0.2, -0.15) is 0 Å². The van der Waals surface area contributed by atoms with Gasteiger partial charge in [0.25, 0.3) is 0 Å². The molecule has 0 radical (unpaired) electrons. The topological polar surface area (TPSA) is 53.0 Å². The molecule has 2 heterocycles. The van der Waals surface area contributed by atoms with Crippen molar-refractivity contribution in [2.24, 2.45) is 0 Å². The van der Waals surface area contributed by atoms with Gasteiger partial charge in [0.15, 0.2) is 0 Å². The Morgan fingerprint density at radius 3 is 2.33 bits per heavy atom. The third-order valence-electron chi connectivity index (χ3n) is 4.23. The van der Waals surface area contributed by atoms with Crippen LogP contribution in [0.4, 0.5) is 0 Å². The summed E-state index contributed by atoms with van der Waals surface area (Å²) in [6.45, 7) is 8.05. The Hall–Kier alpha value is -0.650. The second-order valence-electron chi connectivity index (χ2n) is 6.16. The highest BCUT2D eigenvalue weighted by atomic mass is 16.5. The van der Waals surface area contributed by atoms with E-state index in [0.717, 1.165) is 26.2 Å². The van der Waals surface area contributed by atoms with Crippen molar-refractivity contribution < 1.29 is 14.6 Å². The molecule has 104 valence electrons. The highest BCUT2D eigenvalue weighted by Gasteiger charge is 2.50. The second kappa shape index (κ2) is 4.79. The minimum absolute atomic E-state index is 0.347. The first-order valence-corrected chi connectivity index (χ1v) is 6.67. The largest absolute Gasteiger partial charge is 0.480 e. The van der Waals surface area contributed by atoms with Gasteiger partial charge in [-0.25, -0.2) is 0 Å². The Balaban J connectivity index is 2.19. The van der Waals surface area contributed by atoms with Gasteiger partial charge in [0.2, 0.25) is 0 Å². The van der Waals surface area contributed by atoms with E-state index >= 15 is 0 Å². The lowest BCUT2D eigenvalue weighted by Crippen LogP contribution is -2.64. The fourth-order valence-corrected chi connectivity index (χ4v) is 3.16. The Kier molecular flexibility index (Phi) is 3.67. The summed E-state index contributed by atoms with van der Waals surface area (Å²) < 4.78 is 5.68. The maximum absolute atomic E-state index is 11.8. The minimum Gasteiger partial charge on any atom is -0.480 e.